The Bertz CT molecular complexity index is 363. The second-order valence-electron chi connectivity index (χ2n) is 3.95. The van der Waals surface area contributed by atoms with Crippen molar-refractivity contribution in [1.82, 2.24) is 4.72 Å². The Labute approximate surface area is 104 Å². The van der Waals surface area contributed by atoms with Crippen LogP contribution in [-0.4, -0.2) is 25.6 Å². The molecule has 3 N–H and O–H groups in total. The molecule has 0 aliphatic rings. The van der Waals surface area contributed by atoms with E-state index in [1.54, 1.807) is 19.9 Å². The van der Waals surface area contributed by atoms with Crippen LogP contribution in [0.15, 0.2) is 12.2 Å². The fourth-order valence-corrected chi connectivity index (χ4v) is 2.12. The first-order valence-corrected chi connectivity index (χ1v) is 7.35. The lowest BCUT2D eigenvalue weighted by atomic mass is 10.2. The van der Waals surface area contributed by atoms with Crippen LogP contribution in [-0.2, 0) is 14.8 Å². The van der Waals surface area contributed by atoms with Crippen molar-refractivity contribution in [3.8, 4) is 0 Å². The topological polar surface area (TPSA) is 89.3 Å². The van der Waals surface area contributed by atoms with Gasteiger partial charge in [0.25, 0.3) is 5.91 Å². The zero-order chi connectivity index (χ0) is 13.5. The molecule has 0 aliphatic carbocycles. The van der Waals surface area contributed by atoms with Crippen LogP contribution in [0.4, 0.5) is 0 Å². The molecule has 0 aromatic heterocycles. The number of nitrogens with two attached hydrogens (primary N) is 1. The van der Waals surface area contributed by atoms with E-state index in [-0.39, 0.29) is 0 Å². The number of rotatable bonds is 7. The molecule has 17 heavy (non-hydrogen) atoms. The highest BCUT2D eigenvalue weighted by Crippen LogP contribution is 2.03. The van der Waals surface area contributed by atoms with Crippen LogP contribution in [0.2, 0.25) is 0 Å². The van der Waals surface area contributed by atoms with Crippen molar-refractivity contribution < 1.29 is 13.2 Å². The number of carbonyl (C=O) groups is 1. The normalized spacial score (nSPS) is 15.8. The lowest BCUT2D eigenvalue weighted by Gasteiger charge is -2.14. The molecular formula is C11H22N2O3S. The van der Waals surface area contributed by atoms with Gasteiger partial charge in [0.1, 0.15) is 0 Å². The third kappa shape index (κ3) is 5.83. The smallest absolute Gasteiger partial charge is 0.250 e. The van der Waals surface area contributed by atoms with E-state index in [9.17, 15) is 13.2 Å². The maximum Gasteiger partial charge on any atom is 0.250 e. The van der Waals surface area contributed by atoms with Gasteiger partial charge in [-0.15, -0.1) is 0 Å². The Morgan fingerprint density at radius 1 is 1.35 bits per heavy atom. The second kappa shape index (κ2) is 7.45. The summed E-state index contributed by atoms with van der Waals surface area (Å²) in [5.74, 6) is -0.647. The Hall–Kier alpha value is -0.880. The summed E-state index contributed by atoms with van der Waals surface area (Å²) in [5.41, 5.74) is 5.58. The quantitative estimate of drug-likeness (QED) is 0.667. The van der Waals surface area contributed by atoms with Crippen molar-refractivity contribution in [1.29, 1.82) is 0 Å². The summed E-state index contributed by atoms with van der Waals surface area (Å²) in [6.45, 7) is 5.27. The summed E-state index contributed by atoms with van der Waals surface area (Å²) in [6.07, 6.45) is 5.32. The molecule has 0 rings (SSSR count). The molecule has 2 unspecified atom stereocenters. The van der Waals surface area contributed by atoms with Gasteiger partial charge in [-0.05, 0) is 26.2 Å². The number of nitrogens with one attached hydrogen (secondary N) is 1. The highest BCUT2D eigenvalue weighted by atomic mass is 32.2. The van der Waals surface area contributed by atoms with Crippen LogP contribution < -0.4 is 10.5 Å². The van der Waals surface area contributed by atoms with E-state index in [1.807, 2.05) is 17.7 Å². The van der Waals surface area contributed by atoms with Crippen LogP contribution >= 0.6 is 0 Å². The average Bonchev–Trinajstić information content (AvgIpc) is 2.27. The van der Waals surface area contributed by atoms with Crippen LogP contribution in [0.25, 0.3) is 0 Å². The highest BCUT2D eigenvalue weighted by molar-refractivity contribution is 7.90. The second-order valence-corrected chi connectivity index (χ2v) is 6.05. The van der Waals surface area contributed by atoms with Crippen molar-refractivity contribution in [2.75, 3.05) is 0 Å². The van der Waals surface area contributed by atoms with Crippen molar-refractivity contribution in [2.24, 2.45) is 5.73 Å². The van der Waals surface area contributed by atoms with Gasteiger partial charge in [0.2, 0.25) is 10.0 Å². The molecule has 0 radical (unpaired) electrons. The lowest BCUT2D eigenvalue weighted by molar-refractivity contribution is -0.120. The van der Waals surface area contributed by atoms with E-state index in [2.05, 4.69) is 0 Å². The molecule has 0 bridgehead atoms. The van der Waals surface area contributed by atoms with Crippen LogP contribution in [0, 0.1) is 0 Å². The van der Waals surface area contributed by atoms with Crippen molar-refractivity contribution >= 4 is 15.9 Å². The summed E-state index contributed by atoms with van der Waals surface area (Å²) < 4.78 is 25.2. The Morgan fingerprint density at radius 2 is 1.94 bits per heavy atom. The predicted octanol–water partition coefficient (Wildman–Crippen LogP) is 0.915. The number of amides is 1. The summed E-state index contributed by atoms with van der Waals surface area (Å²) in [7, 11) is -3.59. The predicted molar refractivity (Wildman–Crippen MR) is 68.8 cm³/mol. The largest absolute Gasteiger partial charge is 0.320 e. The summed E-state index contributed by atoms with van der Waals surface area (Å²) in [6, 6.07) is -0.823. The monoisotopic (exact) mass is 262 g/mol. The molecule has 0 aliphatic heterocycles. The molecule has 100 valence electrons. The fraction of sp³-hybridized carbons (Fsp3) is 0.727. The number of hydrogen-bond donors (Lipinski definition) is 2. The number of sulfonamides is 1. The van der Waals surface area contributed by atoms with Crippen molar-refractivity contribution in [3.05, 3.63) is 12.2 Å². The molecule has 0 aromatic rings. The van der Waals surface area contributed by atoms with Gasteiger partial charge < -0.3 is 5.73 Å². The molecule has 0 aromatic carbocycles. The first-order chi connectivity index (χ1) is 7.85. The minimum absolute atomic E-state index is 0.343. The van der Waals surface area contributed by atoms with Crippen LogP contribution in [0.5, 0.6) is 0 Å². The summed E-state index contributed by atoms with van der Waals surface area (Å²) in [4.78, 5) is 11.5. The molecule has 0 saturated heterocycles. The summed E-state index contributed by atoms with van der Waals surface area (Å²) >= 11 is 0. The van der Waals surface area contributed by atoms with Gasteiger partial charge in [0.05, 0.1) is 11.3 Å². The van der Waals surface area contributed by atoms with Gasteiger partial charge in [-0.25, -0.2) is 8.42 Å². The average molecular weight is 262 g/mol. The highest BCUT2D eigenvalue weighted by Gasteiger charge is 2.23. The van der Waals surface area contributed by atoms with Crippen LogP contribution in [0.1, 0.15) is 40.0 Å². The first-order valence-electron chi connectivity index (χ1n) is 5.81. The molecule has 0 saturated carbocycles. The molecule has 2 atom stereocenters. The van der Waals surface area contributed by atoms with Gasteiger partial charge in [0.15, 0.2) is 0 Å². The molecule has 5 nitrogen and oxygen atoms in total. The lowest BCUT2D eigenvalue weighted by Crippen LogP contribution is -2.45. The Kier molecular flexibility index (Phi) is 7.06. The van der Waals surface area contributed by atoms with Crippen molar-refractivity contribution in [3.63, 3.8) is 0 Å². The third-order valence-corrected chi connectivity index (χ3v) is 4.36. The standard InChI is InChI=1S/C11H22N2O3S/c1-4-6-7-8-10(12)11(14)13-17(15,16)9(3)5-2/h6-7,9-10H,4-5,8,12H2,1-3H3,(H,13,14)/b7-6+. The van der Waals surface area contributed by atoms with E-state index in [0.717, 1.165) is 6.42 Å². The van der Waals surface area contributed by atoms with E-state index in [4.69, 9.17) is 5.73 Å². The summed E-state index contributed by atoms with van der Waals surface area (Å²) in [5, 5.41) is -0.593. The Balaban J connectivity index is 4.39. The van der Waals surface area contributed by atoms with E-state index >= 15 is 0 Å². The van der Waals surface area contributed by atoms with E-state index in [1.165, 1.54) is 0 Å². The van der Waals surface area contributed by atoms with E-state index < -0.39 is 27.2 Å². The van der Waals surface area contributed by atoms with Crippen molar-refractivity contribution in [2.45, 2.75) is 51.3 Å². The Morgan fingerprint density at radius 3 is 2.41 bits per heavy atom. The van der Waals surface area contributed by atoms with Gasteiger partial charge in [-0.2, -0.15) is 0 Å². The first kappa shape index (κ1) is 16.1. The number of carbonyl (C=O) groups excluding carboxylic acids is 1. The van der Waals surface area contributed by atoms with Gasteiger partial charge in [0, 0.05) is 0 Å². The SMILES string of the molecule is CC/C=C/CC(N)C(=O)NS(=O)(=O)C(C)CC. The maximum atomic E-state index is 11.6. The zero-order valence-electron chi connectivity index (χ0n) is 10.6. The molecule has 6 heteroatoms. The minimum Gasteiger partial charge on any atom is -0.320 e. The molecule has 0 spiro atoms. The van der Waals surface area contributed by atoms with Gasteiger partial charge in [-0.1, -0.05) is 26.0 Å². The van der Waals surface area contributed by atoms with E-state index in [0.29, 0.717) is 12.8 Å². The van der Waals surface area contributed by atoms with Gasteiger partial charge in [-0.3, -0.25) is 9.52 Å². The number of allylic oxidation sites excluding steroid dienone is 1. The molecule has 0 heterocycles. The fourth-order valence-electron chi connectivity index (χ4n) is 1.05. The van der Waals surface area contributed by atoms with Crippen LogP contribution in [0.3, 0.4) is 0 Å². The number of hydrogen-bond acceptors (Lipinski definition) is 4. The zero-order valence-corrected chi connectivity index (χ0v) is 11.5. The molecule has 0 fully saturated rings. The minimum atomic E-state index is -3.59. The third-order valence-electron chi connectivity index (χ3n) is 2.48. The molecule has 1 amide bonds. The maximum absolute atomic E-state index is 11.6. The van der Waals surface area contributed by atoms with Gasteiger partial charge >= 0.3 is 0 Å². The molecular weight excluding hydrogens is 240 g/mol.